The summed E-state index contributed by atoms with van der Waals surface area (Å²) in [6, 6.07) is 3.78. The fraction of sp³-hybridized carbons (Fsp3) is 0.538. The highest BCUT2D eigenvalue weighted by molar-refractivity contribution is 5.94. The van der Waals surface area contributed by atoms with E-state index in [4.69, 9.17) is 9.47 Å². The van der Waals surface area contributed by atoms with E-state index in [1.165, 1.54) is 0 Å². The van der Waals surface area contributed by atoms with Crippen molar-refractivity contribution < 1.29 is 14.3 Å². The number of nitrogens with one attached hydrogen (secondary N) is 1. The largest absolute Gasteiger partial charge is 0.480 e. The number of carbonyl (C=O) groups is 1. The fourth-order valence-electron chi connectivity index (χ4n) is 2.30. The summed E-state index contributed by atoms with van der Waals surface area (Å²) in [6.07, 6.45) is 1.24. The molecule has 19 heavy (non-hydrogen) atoms. The highest BCUT2D eigenvalue weighted by Crippen LogP contribution is 2.29. The maximum Gasteiger partial charge on any atom is 0.263 e. The number of amides is 1. The number of ether oxygens (including phenoxy) is 2. The third-order valence-electron chi connectivity index (χ3n) is 3.38. The minimum atomic E-state index is -0.162. The number of anilines is 2. The predicted molar refractivity (Wildman–Crippen MR) is 70.6 cm³/mol. The molecule has 1 N–H and O–H groups in total. The highest BCUT2D eigenvalue weighted by atomic mass is 16.5. The Bertz CT molecular complexity index is 492. The first-order chi connectivity index (χ1) is 9.26. The fourth-order valence-corrected chi connectivity index (χ4v) is 2.30. The SMILES string of the molecule is CC[C@@H]1CN(c2ccc3c(n2)NC(=O)CO3)CCO1. The molecule has 0 aliphatic carbocycles. The van der Waals surface area contributed by atoms with Gasteiger partial charge in [0.15, 0.2) is 18.2 Å². The molecule has 0 radical (unpaired) electrons. The second-order valence-electron chi connectivity index (χ2n) is 4.70. The summed E-state index contributed by atoms with van der Waals surface area (Å²) in [5.41, 5.74) is 0. The predicted octanol–water partition coefficient (Wildman–Crippen LogP) is 1.03. The monoisotopic (exact) mass is 263 g/mol. The normalized spacial score (nSPS) is 22.5. The minimum Gasteiger partial charge on any atom is -0.480 e. The lowest BCUT2D eigenvalue weighted by atomic mass is 10.2. The van der Waals surface area contributed by atoms with E-state index < -0.39 is 0 Å². The average Bonchev–Trinajstić information content (AvgIpc) is 2.46. The first-order valence-corrected chi connectivity index (χ1v) is 6.56. The number of nitrogens with zero attached hydrogens (tertiary/aromatic N) is 2. The number of hydrogen-bond acceptors (Lipinski definition) is 5. The second-order valence-corrected chi connectivity index (χ2v) is 4.70. The van der Waals surface area contributed by atoms with Crippen LogP contribution in [0.25, 0.3) is 0 Å². The van der Waals surface area contributed by atoms with Crippen molar-refractivity contribution in [1.82, 2.24) is 4.98 Å². The van der Waals surface area contributed by atoms with Crippen molar-refractivity contribution in [3.05, 3.63) is 12.1 Å². The quantitative estimate of drug-likeness (QED) is 0.863. The molecule has 1 aromatic heterocycles. The van der Waals surface area contributed by atoms with Crippen molar-refractivity contribution in [3.63, 3.8) is 0 Å². The van der Waals surface area contributed by atoms with Crippen molar-refractivity contribution in [1.29, 1.82) is 0 Å². The standard InChI is InChI=1S/C13H17N3O3/c1-2-9-7-16(5-6-18-9)11-4-3-10-13(14-11)15-12(17)8-19-10/h3-4,9H,2,5-8H2,1H3,(H,14,15,17)/t9-/m1/s1. The van der Waals surface area contributed by atoms with Gasteiger partial charge in [-0.05, 0) is 18.6 Å². The van der Waals surface area contributed by atoms with E-state index in [-0.39, 0.29) is 18.6 Å². The Morgan fingerprint density at radius 2 is 2.42 bits per heavy atom. The summed E-state index contributed by atoms with van der Waals surface area (Å²) in [5.74, 6) is 1.83. The molecule has 1 aromatic rings. The van der Waals surface area contributed by atoms with Crippen molar-refractivity contribution in [2.75, 3.05) is 36.5 Å². The topological polar surface area (TPSA) is 63.7 Å². The van der Waals surface area contributed by atoms with Crippen LogP contribution in [0.15, 0.2) is 12.1 Å². The van der Waals surface area contributed by atoms with E-state index in [9.17, 15) is 4.79 Å². The van der Waals surface area contributed by atoms with Crippen LogP contribution >= 0.6 is 0 Å². The van der Waals surface area contributed by atoms with Gasteiger partial charge in [-0.15, -0.1) is 0 Å². The molecule has 1 amide bonds. The number of morpholine rings is 1. The number of pyridine rings is 1. The van der Waals surface area contributed by atoms with Gasteiger partial charge in [-0.25, -0.2) is 4.98 Å². The Hall–Kier alpha value is -1.82. The van der Waals surface area contributed by atoms with Crippen LogP contribution in [0.5, 0.6) is 5.75 Å². The summed E-state index contributed by atoms with van der Waals surface area (Å²) >= 11 is 0. The van der Waals surface area contributed by atoms with E-state index >= 15 is 0 Å². The molecule has 0 bridgehead atoms. The van der Waals surface area contributed by atoms with Gasteiger partial charge in [-0.3, -0.25) is 4.79 Å². The number of rotatable bonds is 2. The summed E-state index contributed by atoms with van der Waals surface area (Å²) in [4.78, 5) is 18.0. The van der Waals surface area contributed by atoms with E-state index in [1.54, 1.807) is 0 Å². The second kappa shape index (κ2) is 5.05. The molecule has 3 rings (SSSR count). The first kappa shape index (κ1) is 12.2. The molecule has 2 aliphatic rings. The van der Waals surface area contributed by atoms with Gasteiger partial charge >= 0.3 is 0 Å². The third kappa shape index (κ3) is 2.49. The van der Waals surface area contributed by atoms with E-state index in [2.05, 4.69) is 22.1 Å². The molecule has 1 atom stereocenters. The van der Waals surface area contributed by atoms with Crippen LogP contribution < -0.4 is 15.0 Å². The zero-order valence-electron chi connectivity index (χ0n) is 10.9. The van der Waals surface area contributed by atoms with Gasteiger partial charge in [0.2, 0.25) is 0 Å². The molecule has 0 aromatic carbocycles. The van der Waals surface area contributed by atoms with E-state index in [1.807, 2.05) is 12.1 Å². The molecule has 1 fully saturated rings. The van der Waals surface area contributed by atoms with Crippen LogP contribution in [0.2, 0.25) is 0 Å². The molecule has 0 spiro atoms. The highest BCUT2D eigenvalue weighted by Gasteiger charge is 2.23. The maximum absolute atomic E-state index is 11.3. The van der Waals surface area contributed by atoms with Gasteiger partial charge in [-0.1, -0.05) is 6.92 Å². The molecule has 102 valence electrons. The zero-order valence-corrected chi connectivity index (χ0v) is 10.9. The van der Waals surface area contributed by atoms with Crippen LogP contribution in [0.3, 0.4) is 0 Å². The van der Waals surface area contributed by atoms with Crippen LogP contribution in [0.4, 0.5) is 11.6 Å². The van der Waals surface area contributed by atoms with Gasteiger partial charge < -0.3 is 19.7 Å². The third-order valence-corrected chi connectivity index (χ3v) is 3.38. The van der Waals surface area contributed by atoms with Crippen molar-refractivity contribution >= 4 is 17.5 Å². The van der Waals surface area contributed by atoms with Crippen LogP contribution in [0, 0.1) is 0 Å². The maximum atomic E-state index is 11.3. The summed E-state index contributed by atoms with van der Waals surface area (Å²) in [5, 5.41) is 2.73. The van der Waals surface area contributed by atoms with Crippen molar-refractivity contribution in [2.45, 2.75) is 19.4 Å². The first-order valence-electron chi connectivity index (χ1n) is 6.56. The molecule has 6 nitrogen and oxygen atoms in total. The lowest BCUT2D eigenvalue weighted by molar-refractivity contribution is -0.118. The summed E-state index contributed by atoms with van der Waals surface area (Å²) in [6.45, 7) is 4.53. The van der Waals surface area contributed by atoms with Gasteiger partial charge in [0.25, 0.3) is 5.91 Å². The molecule has 6 heteroatoms. The Kier molecular flexibility index (Phi) is 3.25. The molecule has 0 unspecified atom stereocenters. The Morgan fingerprint density at radius 3 is 3.26 bits per heavy atom. The number of fused-ring (bicyclic) bond motifs is 1. The lowest BCUT2D eigenvalue weighted by Crippen LogP contribution is -2.42. The van der Waals surface area contributed by atoms with Crippen LogP contribution in [-0.4, -0.2) is 43.3 Å². The lowest BCUT2D eigenvalue weighted by Gasteiger charge is -2.33. The zero-order chi connectivity index (χ0) is 13.2. The number of carbonyl (C=O) groups excluding carboxylic acids is 1. The van der Waals surface area contributed by atoms with Gasteiger partial charge in [0.1, 0.15) is 5.82 Å². The van der Waals surface area contributed by atoms with E-state index in [0.717, 1.165) is 25.3 Å². The van der Waals surface area contributed by atoms with Crippen LogP contribution in [0.1, 0.15) is 13.3 Å². The average molecular weight is 263 g/mol. The molecule has 3 heterocycles. The van der Waals surface area contributed by atoms with Crippen molar-refractivity contribution in [3.8, 4) is 5.75 Å². The molecule has 0 saturated carbocycles. The van der Waals surface area contributed by atoms with Gasteiger partial charge in [0.05, 0.1) is 12.7 Å². The number of hydrogen-bond donors (Lipinski definition) is 1. The van der Waals surface area contributed by atoms with Gasteiger partial charge in [0, 0.05) is 13.1 Å². The smallest absolute Gasteiger partial charge is 0.263 e. The molecular formula is C13H17N3O3. The van der Waals surface area contributed by atoms with Crippen molar-refractivity contribution in [2.24, 2.45) is 0 Å². The minimum absolute atomic E-state index is 0.0590. The Balaban J connectivity index is 1.81. The molecular weight excluding hydrogens is 246 g/mol. The van der Waals surface area contributed by atoms with Gasteiger partial charge in [-0.2, -0.15) is 0 Å². The summed E-state index contributed by atoms with van der Waals surface area (Å²) in [7, 11) is 0. The van der Waals surface area contributed by atoms with Crippen LogP contribution in [-0.2, 0) is 9.53 Å². The Morgan fingerprint density at radius 1 is 1.53 bits per heavy atom. The van der Waals surface area contributed by atoms with E-state index in [0.29, 0.717) is 18.2 Å². The molecule has 2 aliphatic heterocycles. The molecule has 1 saturated heterocycles. The number of aromatic nitrogens is 1. The Labute approximate surface area is 111 Å². The summed E-state index contributed by atoms with van der Waals surface area (Å²) < 4.78 is 10.9.